The zero-order chi connectivity index (χ0) is 40.3. The van der Waals surface area contributed by atoms with Gasteiger partial charge < -0.3 is 0 Å². The number of hydrogen-bond donors (Lipinski definition) is 0. The molecule has 61 heavy (non-hydrogen) atoms. The van der Waals surface area contributed by atoms with Crippen LogP contribution in [0.1, 0.15) is 0 Å². The van der Waals surface area contributed by atoms with Gasteiger partial charge in [0.2, 0.25) is 0 Å². The topological polar surface area (TPSA) is 38.7 Å². The summed E-state index contributed by atoms with van der Waals surface area (Å²) >= 11 is 1.79. The van der Waals surface area contributed by atoms with Crippen molar-refractivity contribution in [1.29, 1.82) is 0 Å². The van der Waals surface area contributed by atoms with Crippen LogP contribution < -0.4 is 0 Å². The van der Waals surface area contributed by atoms with E-state index in [1.54, 1.807) is 11.3 Å². The molecule has 0 atom stereocenters. The summed E-state index contributed by atoms with van der Waals surface area (Å²) in [5.41, 5.74) is 10.1. The standard InChI is InChI=1S/C57H35N3S/c1-2-14-36(15-3-1)37-28-32-40(33-29-37)55-58-56(60-57(59-55)50-26-13-25-49-43-19-10-11-27-51(43)61-54(49)50)41-34-30-39(31-35-41)52-45-20-6-8-22-47(45)53(48-23-9-7-21-46(48)52)44-24-12-17-38-16-4-5-18-42(38)44/h1-35H. The summed E-state index contributed by atoms with van der Waals surface area (Å²) in [6.07, 6.45) is 0. The summed E-state index contributed by atoms with van der Waals surface area (Å²) < 4.78 is 2.42. The van der Waals surface area contributed by atoms with Crippen LogP contribution in [0.25, 0.3) is 120 Å². The van der Waals surface area contributed by atoms with Crippen molar-refractivity contribution in [3.05, 3.63) is 212 Å². The Hall–Kier alpha value is -7.79. The van der Waals surface area contributed by atoms with Crippen LogP contribution in [0.3, 0.4) is 0 Å². The van der Waals surface area contributed by atoms with Crippen LogP contribution in [0.4, 0.5) is 0 Å². The Labute approximate surface area is 356 Å². The van der Waals surface area contributed by atoms with Crippen LogP contribution in [0.2, 0.25) is 0 Å². The van der Waals surface area contributed by atoms with Crippen LogP contribution in [0.15, 0.2) is 212 Å². The van der Waals surface area contributed by atoms with Gasteiger partial charge in [-0.1, -0.05) is 200 Å². The van der Waals surface area contributed by atoms with Gasteiger partial charge in [-0.2, -0.15) is 0 Å². The normalized spacial score (nSPS) is 11.6. The molecule has 2 aromatic heterocycles. The fourth-order valence-electron chi connectivity index (χ4n) is 9.08. The molecule has 0 radical (unpaired) electrons. The van der Waals surface area contributed by atoms with Crippen molar-refractivity contribution in [1.82, 2.24) is 15.0 Å². The SMILES string of the molecule is c1ccc(-c2ccc(-c3nc(-c4ccc(-c5c6ccccc6c(-c6cccc7ccccc67)c6ccccc56)cc4)nc(-c4cccc5c4sc4ccccc45)n3)cc2)cc1. The van der Waals surface area contributed by atoms with E-state index in [-0.39, 0.29) is 0 Å². The highest BCUT2D eigenvalue weighted by Gasteiger charge is 2.20. The zero-order valence-electron chi connectivity index (χ0n) is 33.0. The van der Waals surface area contributed by atoms with Crippen molar-refractivity contribution < 1.29 is 0 Å². The van der Waals surface area contributed by atoms with E-state index in [1.165, 1.54) is 74.7 Å². The average molecular weight is 794 g/mol. The number of benzene rings is 10. The second-order valence-electron chi connectivity index (χ2n) is 15.5. The minimum atomic E-state index is 0.637. The smallest absolute Gasteiger partial charge is 0.165 e. The summed E-state index contributed by atoms with van der Waals surface area (Å²) in [7, 11) is 0. The van der Waals surface area contributed by atoms with Crippen LogP contribution in [-0.2, 0) is 0 Å². The van der Waals surface area contributed by atoms with Gasteiger partial charge >= 0.3 is 0 Å². The molecular weight excluding hydrogens is 759 g/mol. The number of aromatic nitrogens is 3. The van der Waals surface area contributed by atoms with Crippen molar-refractivity contribution >= 4 is 63.8 Å². The maximum Gasteiger partial charge on any atom is 0.165 e. The first-order valence-corrected chi connectivity index (χ1v) is 21.4. The highest BCUT2D eigenvalue weighted by atomic mass is 32.1. The van der Waals surface area contributed by atoms with E-state index in [0.29, 0.717) is 17.5 Å². The first kappa shape index (κ1) is 35.2. The number of nitrogens with zero attached hydrogens (tertiary/aromatic N) is 3. The van der Waals surface area contributed by atoms with E-state index in [0.717, 1.165) is 27.8 Å². The molecule has 0 aliphatic rings. The van der Waals surface area contributed by atoms with Gasteiger partial charge in [0.05, 0.1) is 0 Å². The lowest BCUT2D eigenvalue weighted by molar-refractivity contribution is 1.08. The van der Waals surface area contributed by atoms with Crippen LogP contribution >= 0.6 is 11.3 Å². The van der Waals surface area contributed by atoms with Crippen molar-refractivity contribution in [3.8, 4) is 67.5 Å². The fraction of sp³-hybridized carbons (Fsp3) is 0. The highest BCUT2D eigenvalue weighted by molar-refractivity contribution is 7.26. The summed E-state index contributed by atoms with van der Waals surface area (Å²) in [4.78, 5) is 15.6. The van der Waals surface area contributed by atoms with Crippen LogP contribution in [-0.4, -0.2) is 15.0 Å². The molecule has 0 aliphatic carbocycles. The molecular formula is C57H35N3S. The van der Waals surface area contributed by atoms with E-state index < -0.39 is 0 Å². The predicted molar refractivity (Wildman–Crippen MR) is 258 cm³/mol. The molecule has 2 heterocycles. The third kappa shape index (κ3) is 5.99. The molecule has 284 valence electrons. The Balaban J connectivity index is 1.02. The van der Waals surface area contributed by atoms with Gasteiger partial charge in [0.1, 0.15) is 0 Å². The maximum absolute atomic E-state index is 5.24. The number of hydrogen-bond acceptors (Lipinski definition) is 4. The third-order valence-electron chi connectivity index (χ3n) is 12.0. The molecule has 0 fully saturated rings. The minimum absolute atomic E-state index is 0.637. The largest absolute Gasteiger partial charge is 0.208 e. The molecule has 0 spiro atoms. The van der Waals surface area contributed by atoms with Crippen molar-refractivity contribution in [3.63, 3.8) is 0 Å². The van der Waals surface area contributed by atoms with Gasteiger partial charge in [-0.15, -0.1) is 11.3 Å². The first-order valence-electron chi connectivity index (χ1n) is 20.6. The van der Waals surface area contributed by atoms with Crippen molar-refractivity contribution in [2.75, 3.05) is 0 Å². The lowest BCUT2D eigenvalue weighted by Crippen LogP contribution is -2.00. The highest BCUT2D eigenvalue weighted by Crippen LogP contribution is 2.46. The summed E-state index contributed by atoms with van der Waals surface area (Å²) in [6, 6.07) is 75.8. The Bertz CT molecular complexity index is 3570. The summed E-state index contributed by atoms with van der Waals surface area (Å²) in [6.45, 7) is 0. The maximum atomic E-state index is 5.24. The van der Waals surface area contributed by atoms with E-state index in [1.807, 2.05) is 6.07 Å². The number of rotatable bonds is 6. The molecule has 0 amide bonds. The Morgan fingerprint density at radius 1 is 0.262 bits per heavy atom. The molecule has 4 heteroatoms. The number of fused-ring (bicyclic) bond motifs is 6. The van der Waals surface area contributed by atoms with Crippen molar-refractivity contribution in [2.45, 2.75) is 0 Å². The van der Waals surface area contributed by atoms with Crippen molar-refractivity contribution in [2.24, 2.45) is 0 Å². The van der Waals surface area contributed by atoms with Gasteiger partial charge in [-0.05, 0) is 77.8 Å². The second kappa shape index (κ2) is 14.5. The fourth-order valence-corrected chi connectivity index (χ4v) is 10.3. The van der Waals surface area contributed by atoms with E-state index in [4.69, 9.17) is 15.0 Å². The quantitative estimate of drug-likeness (QED) is 0.157. The monoisotopic (exact) mass is 793 g/mol. The lowest BCUT2D eigenvalue weighted by atomic mass is 9.84. The molecule has 3 nitrogen and oxygen atoms in total. The van der Waals surface area contributed by atoms with Gasteiger partial charge in [0.25, 0.3) is 0 Å². The van der Waals surface area contributed by atoms with Gasteiger partial charge in [-0.3, -0.25) is 0 Å². The lowest BCUT2D eigenvalue weighted by Gasteiger charge is -2.19. The van der Waals surface area contributed by atoms with E-state index >= 15 is 0 Å². The number of thiophene rings is 1. The average Bonchev–Trinajstić information content (AvgIpc) is 3.72. The molecule has 10 aromatic carbocycles. The molecule has 0 bridgehead atoms. The van der Waals surface area contributed by atoms with Crippen LogP contribution in [0.5, 0.6) is 0 Å². The van der Waals surface area contributed by atoms with Gasteiger partial charge in [-0.25, -0.2) is 15.0 Å². The molecule has 0 saturated heterocycles. The Kier molecular flexibility index (Phi) is 8.36. The minimum Gasteiger partial charge on any atom is -0.208 e. The van der Waals surface area contributed by atoms with Gasteiger partial charge in [0.15, 0.2) is 17.5 Å². The molecule has 12 aromatic rings. The molecule has 0 N–H and O–H groups in total. The Morgan fingerprint density at radius 2 is 0.705 bits per heavy atom. The van der Waals surface area contributed by atoms with Gasteiger partial charge in [0, 0.05) is 36.9 Å². The molecule has 0 unspecified atom stereocenters. The van der Waals surface area contributed by atoms with E-state index in [2.05, 4.69) is 206 Å². The predicted octanol–water partition coefficient (Wildman–Crippen LogP) is 15.7. The van der Waals surface area contributed by atoms with E-state index in [9.17, 15) is 0 Å². The second-order valence-corrected chi connectivity index (χ2v) is 16.5. The molecule has 0 saturated carbocycles. The summed E-state index contributed by atoms with van der Waals surface area (Å²) in [5, 5.41) is 9.86. The third-order valence-corrected chi connectivity index (χ3v) is 13.2. The summed E-state index contributed by atoms with van der Waals surface area (Å²) in [5.74, 6) is 1.94. The molecule has 12 rings (SSSR count). The Morgan fingerprint density at radius 3 is 1.38 bits per heavy atom. The zero-order valence-corrected chi connectivity index (χ0v) is 33.8. The first-order chi connectivity index (χ1) is 30.2. The molecule has 0 aliphatic heterocycles. The van der Waals surface area contributed by atoms with Crippen LogP contribution in [0, 0.1) is 0 Å².